The van der Waals surface area contributed by atoms with Gasteiger partial charge in [-0.05, 0) is 17.7 Å². The molecule has 0 aliphatic carbocycles. The molecule has 2 aromatic rings. The molecule has 1 heterocycles. The number of rotatable bonds is 6. The van der Waals surface area contributed by atoms with Gasteiger partial charge in [0.1, 0.15) is 6.61 Å². The van der Waals surface area contributed by atoms with Gasteiger partial charge in [-0.15, -0.1) is 0 Å². The molecule has 0 spiro atoms. The SMILES string of the molecule is OCC(F)(F)CNCc1ccc(-n2ccnc2)cc1. The Bertz CT molecular complexity index is 497. The van der Waals surface area contributed by atoms with E-state index in [1.165, 1.54) is 0 Å². The van der Waals surface area contributed by atoms with Crippen molar-refractivity contribution in [2.45, 2.75) is 12.5 Å². The van der Waals surface area contributed by atoms with Crippen molar-refractivity contribution in [3.63, 3.8) is 0 Å². The Morgan fingerprint density at radius 2 is 2.00 bits per heavy atom. The number of aliphatic hydroxyl groups is 1. The van der Waals surface area contributed by atoms with Crippen molar-refractivity contribution < 1.29 is 13.9 Å². The van der Waals surface area contributed by atoms with Crippen molar-refractivity contribution >= 4 is 0 Å². The van der Waals surface area contributed by atoms with Gasteiger partial charge in [0.2, 0.25) is 0 Å². The van der Waals surface area contributed by atoms with Gasteiger partial charge < -0.3 is 15.0 Å². The van der Waals surface area contributed by atoms with Gasteiger partial charge in [-0.1, -0.05) is 12.1 Å². The normalized spacial score (nSPS) is 11.7. The van der Waals surface area contributed by atoms with Crippen LogP contribution in [0.15, 0.2) is 43.0 Å². The highest BCUT2D eigenvalue weighted by atomic mass is 19.3. The van der Waals surface area contributed by atoms with Gasteiger partial charge >= 0.3 is 0 Å². The minimum atomic E-state index is -3.07. The summed E-state index contributed by atoms with van der Waals surface area (Å²) < 4.78 is 27.4. The second kappa shape index (κ2) is 5.90. The summed E-state index contributed by atoms with van der Waals surface area (Å²) in [6, 6.07) is 7.50. The van der Waals surface area contributed by atoms with Crippen molar-refractivity contribution in [1.29, 1.82) is 0 Å². The number of hydrogen-bond donors (Lipinski definition) is 2. The van der Waals surface area contributed by atoms with Gasteiger partial charge in [0, 0.05) is 24.6 Å². The molecule has 0 aliphatic rings. The molecule has 1 aromatic heterocycles. The third-order valence-corrected chi connectivity index (χ3v) is 2.68. The molecule has 0 atom stereocenters. The van der Waals surface area contributed by atoms with Crippen LogP contribution in [0.2, 0.25) is 0 Å². The van der Waals surface area contributed by atoms with Crippen LogP contribution in [0, 0.1) is 0 Å². The van der Waals surface area contributed by atoms with Gasteiger partial charge in [0.15, 0.2) is 0 Å². The fourth-order valence-corrected chi connectivity index (χ4v) is 1.64. The van der Waals surface area contributed by atoms with Crippen molar-refractivity contribution in [3.8, 4) is 5.69 Å². The number of nitrogens with one attached hydrogen (secondary N) is 1. The Labute approximate surface area is 109 Å². The number of aromatic nitrogens is 2. The van der Waals surface area contributed by atoms with Crippen molar-refractivity contribution in [1.82, 2.24) is 14.9 Å². The van der Waals surface area contributed by atoms with Crippen LogP contribution in [0.25, 0.3) is 5.69 Å². The number of benzene rings is 1. The van der Waals surface area contributed by atoms with Gasteiger partial charge in [-0.25, -0.2) is 13.8 Å². The zero-order valence-corrected chi connectivity index (χ0v) is 10.3. The predicted molar refractivity (Wildman–Crippen MR) is 67.3 cm³/mol. The highest BCUT2D eigenvalue weighted by molar-refractivity contribution is 5.34. The maximum absolute atomic E-state index is 12.8. The van der Waals surface area contributed by atoms with E-state index in [1.54, 1.807) is 12.5 Å². The first-order chi connectivity index (χ1) is 9.11. The molecule has 0 saturated heterocycles. The standard InChI is InChI=1S/C13H15F2N3O/c14-13(15,9-19)8-17-7-11-1-3-12(4-2-11)18-6-5-16-10-18/h1-6,10,17,19H,7-9H2. The van der Waals surface area contributed by atoms with Gasteiger partial charge in [-0.3, -0.25) is 0 Å². The third kappa shape index (κ3) is 3.84. The molecule has 4 nitrogen and oxygen atoms in total. The molecule has 0 fully saturated rings. The van der Waals surface area contributed by atoms with E-state index in [9.17, 15) is 8.78 Å². The number of nitrogens with zero attached hydrogens (tertiary/aromatic N) is 2. The number of imidazole rings is 1. The van der Waals surface area contributed by atoms with Crippen molar-refractivity contribution in [2.75, 3.05) is 13.2 Å². The molecule has 0 radical (unpaired) electrons. The first kappa shape index (κ1) is 13.6. The first-order valence-corrected chi connectivity index (χ1v) is 5.87. The summed E-state index contributed by atoms with van der Waals surface area (Å²) in [6.07, 6.45) is 5.20. The zero-order chi connectivity index (χ0) is 13.7. The molecule has 0 saturated carbocycles. The second-order valence-corrected chi connectivity index (χ2v) is 4.25. The average Bonchev–Trinajstić information content (AvgIpc) is 2.93. The highest BCUT2D eigenvalue weighted by Gasteiger charge is 2.26. The van der Waals surface area contributed by atoms with Crippen LogP contribution in [0.4, 0.5) is 8.78 Å². The van der Waals surface area contributed by atoms with Crippen LogP contribution >= 0.6 is 0 Å². The Hall–Kier alpha value is -1.79. The second-order valence-electron chi connectivity index (χ2n) is 4.25. The Morgan fingerprint density at radius 3 is 2.58 bits per heavy atom. The van der Waals surface area contributed by atoms with Crippen LogP contribution < -0.4 is 5.32 Å². The lowest BCUT2D eigenvalue weighted by molar-refractivity contribution is -0.0477. The van der Waals surface area contributed by atoms with E-state index in [-0.39, 0.29) is 0 Å². The Morgan fingerprint density at radius 1 is 1.26 bits per heavy atom. The lowest BCUT2D eigenvalue weighted by Gasteiger charge is -2.14. The molecule has 0 bridgehead atoms. The molecule has 1 aromatic carbocycles. The summed E-state index contributed by atoms with van der Waals surface area (Å²) in [6.45, 7) is -1.34. The summed E-state index contributed by atoms with van der Waals surface area (Å²) in [5, 5.41) is 11.1. The van der Waals surface area contributed by atoms with E-state index in [0.29, 0.717) is 6.54 Å². The maximum Gasteiger partial charge on any atom is 0.282 e. The number of alkyl halides is 2. The van der Waals surface area contributed by atoms with E-state index < -0.39 is 19.1 Å². The third-order valence-electron chi connectivity index (χ3n) is 2.68. The van der Waals surface area contributed by atoms with Crippen LogP contribution in [0.1, 0.15) is 5.56 Å². The summed E-state index contributed by atoms with van der Waals surface area (Å²) in [4.78, 5) is 3.95. The largest absolute Gasteiger partial charge is 0.390 e. The average molecular weight is 267 g/mol. The first-order valence-electron chi connectivity index (χ1n) is 5.87. The number of hydrogen-bond acceptors (Lipinski definition) is 3. The van der Waals surface area contributed by atoms with Gasteiger partial charge in [0.05, 0.1) is 12.9 Å². The molecule has 6 heteroatoms. The molecule has 102 valence electrons. The predicted octanol–water partition coefficient (Wildman–Crippen LogP) is 1.59. The fraction of sp³-hybridized carbons (Fsp3) is 0.308. The van der Waals surface area contributed by atoms with E-state index in [1.807, 2.05) is 35.0 Å². The fourth-order valence-electron chi connectivity index (χ4n) is 1.64. The monoisotopic (exact) mass is 267 g/mol. The summed E-state index contributed by atoms with van der Waals surface area (Å²) >= 11 is 0. The van der Waals surface area contributed by atoms with Gasteiger partial charge in [0.25, 0.3) is 5.92 Å². The Balaban J connectivity index is 1.89. The summed E-state index contributed by atoms with van der Waals surface area (Å²) in [7, 11) is 0. The maximum atomic E-state index is 12.8. The smallest absolute Gasteiger partial charge is 0.282 e. The molecule has 0 amide bonds. The lowest BCUT2D eigenvalue weighted by atomic mass is 10.2. The molecule has 2 N–H and O–H groups in total. The molecular weight excluding hydrogens is 252 g/mol. The van der Waals surface area contributed by atoms with Crippen LogP contribution in [-0.2, 0) is 6.54 Å². The van der Waals surface area contributed by atoms with E-state index >= 15 is 0 Å². The van der Waals surface area contributed by atoms with Gasteiger partial charge in [-0.2, -0.15) is 0 Å². The summed E-state index contributed by atoms with van der Waals surface area (Å²) in [5.74, 6) is -3.07. The molecule has 19 heavy (non-hydrogen) atoms. The summed E-state index contributed by atoms with van der Waals surface area (Å²) in [5.41, 5.74) is 1.86. The molecule has 0 aliphatic heterocycles. The quantitative estimate of drug-likeness (QED) is 0.835. The van der Waals surface area contributed by atoms with Crippen molar-refractivity contribution in [2.24, 2.45) is 0 Å². The highest BCUT2D eigenvalue weighted by Crippen LogP contribution is 2.12. The minimum Gasteiger partial charge on any atom is -0.390 e. The topological polar surface area (TPSA) is 50.1 Å². The van der Waals surface area contributed by atoms with Crippen molar-refractivity contribution in [3.05, 3.63) is 48.5 Å². The van der Waals surface area contributed by atoms with Crippen LogP contribution in [-0.4, -0.2) is 33.7 Å². The van der Waals surface area contributed by atoms with E-state index in [2.05, 4.69) is 10.3 Å². The molecular formula is C13H15F2N3O. The Kier molecular flexibility index (Phi) is 4.24. The van der Waals surface area contributed by atoms with Crippen LogP contribution in [0.5, 0.6) is 0 Å². The number of aliphatic hydroxyl groups excluding tert-OH is 1. The minimum absolute atomic E-state index is 0.333. The molecule has 2 rings (SSSR count). The number of halogens is 2. The van der Waals surface area contributed by atoms with E-state index in [4.69, 9.17) is 5.11 Å². The van der Waals surface area contributed by atoms with Crippen LogP contribution in [0.3, 0.4) is 0 Å². The molecule has 0 unspecified atom stereocenters. The van der Waals surface area contributed by atoms with E-state index in [0.717, 1.165) is 11.3 Å². The zero-order valence-electron chi connectivity index (χ0n) is 10.3. The lowest BCUT2D eigenvalue weighted by Crippen LogP contribution is -2.35.